The van der Waals surface area contributed by atoms with Gasteiger partial charge in [-0.1, -0.05) is 31.2 Å². The first-order chi connectivity index (χ1) is 11.1. The molecule has 1 saturated heterocycles. The van der Waals surface area contributed by atoms with Gasteiger partial charge < -0.3 is 10.0 Å². The molecule has 2 aliphatic carbocycles. The van der Waals surface area contributed by atoms with E-state index in [9.17, 15) is 5.11 Å². The molecule has 1 heterocycles. The van der Waals surface area contributed by atoms with Gasteiger partial charge in [-0.05, 0) is 74.1 Å². The second-order valence-electron chi connectivity index (χ2n) is 8.37. The van der Waals surface area contributed by atoms with Crippen molar-refractivity contribution < 1.29 is 5.11 Å². The fourth-order valence-electron chi connectivity index (χ4n) is 5.25. The average Bonchev–Trinajstić information content (AvgIpc) is 3.32. The van der Waals surface area contributed by atoms with Crippen molar-refractivity contribution in [2.45, 2.75) is 44.4 Å². The van der Waals surface area contributed by atoms with Gasteiger partial charge in [0.2, 0.25) is 0 Å². The monoisotopic (exact) mass is 311 g/mol. The Balaban J connectivity index is 1.66. The first-order valence-electron chi connectivity index (χ1n) is 9.25. The van der Waals surface area contributed by atoms with Crippen molar-refractivity contribution in [3.05, 3.63) is 42.0 Å². The van der Waals surface area contributed by atoms with E-state index < -0.39 is 0 Å². The minimum atomic E-state index is 0.188. The number of likely N-dealkylation sites (tertiary alicyclic amines) is 1. The second kappa shape index (κ2) is 5.66. The van der Waals surface area contributed by atoms with Crippen LogP contribution in [0.25, 0.3) is 0 Å². The highest BCUT2D eigenvalue weighted by atomic mass is 16.3. The highest BCUT2D eigenvalue weighted by Gasteiger charge is 2.49. The third kappa shape index (κ3) is 2.82. The number of fused-ring (bicyclic) bond motifs is 1. The highest BCUT2D eigenvalue weighted by molar-refractivity contribution is 5.37. The van der Waals surface area contributed by atoms with Crippen molar-refractivity contribution in [2.75, 3.05) is 19.6 Å². The Morgan fingerprint density at radius 2 is 2.17 bits per heavy atom. The average molecular weight is 311 g/mol. The lowest BCUT2D eigenvalue weighted by molar-refractivity contribution is 0.0374. The summed E-state index contributed by atoms with van der Waals surface area (Å²) in [4.78, 5) is 2.72. The number of nitrogens with zero attached hydrogens (tertiary/aromatic N) is 1. The first kappa shape index (κ1) is 15.3. The minimum Gasteiger partial charge on any atom is -0.508 e. The topological polar surface area (TPSA) is 23.5 Å². The molecular weight excluding hydrogens is 282 g/mol. The molecule has 2 heteroatoms. The van der Waals surface area contributed by atoms with E-state index in [0.29, 0.717) is 17.6 Å². The predicted molar refractivity (Wildman–Crippen MR) is 94.6 cm³/mol. The van der Waals surface area contributed by atoms with Gasteiger partial charge in [-0.25, -0.2) is 0 Å². The molecule has 3 aliphatic rings. The van der Waals surface area contributed by atoms with E-state index in [0.717, 1.165) is 12.3 Å². The molecule has 1 N–H and O–H groups in total. The van der Waals surface area contributed by atoms with Gasteiger partial charge >= 0.3 is 0 Å². The molecule has 3 fully saturated rings. The molecule has 0 aromatic heterocycles. The Bertz CT molecular complexity index is 606. The standard InChI is InChI=1S/C21H29NO/c1-15-10-16(2)20-14-22(13-17-6-7-17)9-8-21(20,12-15)18-4-3-5-19(23)11-18/h3-5,11,16-17,20,23H,1,6-10,12-14H2,2H3/t16-,20-,21?/m1/s1. The predicted octanol–water partition coefficient (Wildman–Crippen LogP) is 4.35. The fourth-order valence-corrected chi connectivity index (χ4v) is 5.25. The molecule has 23 heavy (non-hydrogen) atoms. The lowest BCUT2D eigenvalue weighted by Crippen LogP contribution is -2.54. The van der Waals surface area contributed by atoms with Crippen LogP contribution in [-0.4, -0.2) is 29.6 Å². The van der Waals surface area contributed by atoms with E-state index >= 15 is 0 Å². The number of phenolic OH excluding ortho intramolecular Hbond substituents is 1. The summed E-state index contributed by atoms with van der Waals surface area (Å²) in [5.41, 5.74) is 2.92. The number of allylic oxidation sites excluding steroid dienone is 1. The van der Waals surface area contributed by atoms with E-state index in [1.165, 1.54) is 56.5 Å². The summed E-state index contributed by atoms with van der Waals surface area (Å²) < 4.78 is 0. The molecule has 124 valence electrons. The first-order valence-corrected chi connectivity index (χ1v) is 9.25. The van der Waals surface area contributed by atoms with Crippen LogP contribution < -0.4 is 0 Å². The summed E-state index contributed by atoms with van der Waals surface area (Å²) >= 11 is 0. The molecule has 0 spiro atoms. The Labute approximate surface area is 140 Å². The lowest BCUT2D eigenvalue weighted by Gasteiger charge is -2.54. The smallest absolute Gasteiger partial charge is 0.115 e. The van der Waals surface area contributed by atoms with Crippen molar-refractivity contribution in [2.24, 2.45) is 17.8 Å². The quantitative estimate of drug-likeness (QED) is 0.839. The number of rotatable bonds is 3. The number of piperidine rings is 1. The van der Waals surface area contributed by atoms with Crippen LogP contribution in [0.1, 0.15) is 44.6 Å². The zero-order chi connectivity index (χ0) is 16.0. The number of hydrogen-bond donors (Lipinski definition) is 1. The molecular formula is C21H29NO. The van der Waals surface area contributed by atoms with Crippen molar-refractivity contribution in [1.29, 1.82) is 0 Å². The fraction of sp³-hybridized carbons (Fsp3) is 0.619. The van der Waals surface area contributed by atoms with Crippen molar-refractivity contribution in [3.63, 3.8) is 0 Å². The largest absolute Gasteiger partial charge is 0.508 e. The molecule has 1 aromatic carbocycles. The van der Waals surface area contributed by atoms with Gasteiger partial charge in [-0.15, -0.1) is 0 Å². The molecule has 0 amide bonds. The van der Waals surface area contributed by atoms with Crippen LogP contribution in [0.15, 0.2) is 36.4 Å². The minimum absolute atomic E-state index is 0.188. The summed E-state index contributed by atoms with van der Waals surface area (Å²) in [6.07, 6.45) is 6.35. The second-order valence-corrected chi connectivity index (χ2v) is 8.37. The Morgan fingerprint density at radius 1 is 1.35 bits per heavy atom. The van der Waals surface area contributed by atoms with E-state index in [2.05, 4.69) is 24.5 Å². The zero-order valence-corrected chi connectivity index (χ0v) is 14.3. The van der Waals surface area contributed by atoms with Crippen LogP contribution in [0.5, 0.6) is 5.75 Å². The van der Waals surface area contributed by atoms with Crippen LogP contribution in [0.3, 0.4) is 0 Å². The van der Waals surface area contributed by atoms with Crippen LogP contribution in [-0.2, 0) is 5.41 Å². The molecule has 2 nitrogen and oxygen atoms in total. The van der Waals surface area contributed by atoms with Gasteiger partial charge in [-0.2, -0.15) is 0 Å². The maximum atomic E-state index is 10.0. The Morgan fingerprint density at radius 3 is 2.91 bits per heavy atom. The summed E-state index contributed by atoms with van der Waals surface area (Å²) in [5, 5.41) is 10.0. The Kier molecular flexibility index (Phi) is 3.76. The van der Waals surface area contributed by atoms with E-state index in [4.69, 9.17) is 0 Å². The summed E-state index contributed by atoms with van der Waals surface area (Å²) in [6, 6.07) is 8.04. The van der Waals surface area contributed by atoms with Gasteiger partial charge in [0.15, 0.2) is 0 Å². The number of benzene rings is 1. The maximum absolute atomic E-state index is 10.0. The number of phenols is 1. The third-order valence-electron chi connectivity index (χ3n) is 6.54. The molecule has 0 bridgehead atoms. The molecule has 0 radical (unpaired) electrons. The summed E-state index contributed by atoms with van der Waals surface area (Å²) in [7, 11) is 0. The van der Waals surface area contributed by atoms with Crippen molar-refractivity contribution in [1.82, 2.24) is 4.90 Å². The van der Waals surface area contributed by atoms with E-state index in [1.54, 1.807) is 6.07 Å². The third-order valence-corrected chi connectivity index (χ3v) is 6.54. The van der Waals surface area contributed by atoms with Gasteiger partial charge in [0.1, 0.15) is 5.75 Å². The van der Waals surface area contributed by atoms with Crippen LogP contribution in [0.2, 0.25) is 0 Å². The van der Waals surface area contributed by atoms with Crippen LogP contribution >= 0.6 is 0 Å². The lowest BCUT2D eigenvalue weighted by atomic mass is 9.55. The van der Waals surface area contributed by atoms with Crippen molar-refractivity contribution in [3.8, 4) is 5.75 Å². The van der Waals surface area contributed by atoms with Crippen LogP contribution in [0.4, 0.5) is 0 Å². The van der Waals surface area contributed by atoms with Crippen LogP contribution in [0, 0.1) is 17.8 Å². The number of hydrogen-bond acceptors (Lipinski definition) is 2. The molecule has 2 saturated carbocycles. The molecule has 1 aromatic rings. The molecule has 4 rings (SSSR count). The number of aromatic hydroxyl groups is 1. The molecule has 3 atom stereocenters. The van der Waals surface area contributed by atoms with Crippen molar-refractivity contribution >= 4 is 0 Å². The zero-order valence-electron chi connectivity index (χ0n) is 14.3. The molecule has 1 aliphatic heterocycles. The summed E-state index contributed by atoms with van der Waals surface area (Å²) in [6.45, 7) is 10.5. The Hall–Kier alpha value is -1.28. The van der Waals surface area contributed by atoms with Gasteiger partial charge in [0.25, 0.3) is 0 Å². The summed E-state index contributed by atoms with van der Waals surface area (Å²) in [5.74, 6) is 2.74. The van der Waals surface area contributed by atoms with E-state index in [1.807, 2.05) is 12.1 Å². The van der Waals surface area contributed by atoms with Gasteiger partial charge in [-0.3, -0.25) is 0 Å². The van der Waals surface area contributed by atoms with E-state index in [-0.39, 0.29) is 5.41 Å². The molecule has 1 unspecified atom stereocenters. The normalized spacial score (nSPS) is 35.1. The maximum Gasteiger partial charge on any atom is 0.115 e. The van der Waals surface area contributed by atoms with Gasteiger partial charge in [0, 0.05) is 18.5 Å². The highest BCUT2D eigenvalue weighted by Crippen LogP contribution is 2.53. The van der Waals surface area contributed by atoms with Gasteiger partial charge in [0.05, 0.1) is 0 Å². The SMILES string of the molecule is C=C1C[C@@H](C)[C@H]2CN(CC3CC3)CCC2(c2cccc(O)c2)C1.